The summed E-state index contributed by atoms with van der Waals surface area (Å²) < 4.78 is 11.8. The molecule has 0 bridgehead atoms. The Morgan fingerprint density at radius 2 is 1.68 bits per heavy atom. The van der Waals surface area contributed by atoms with Crippen LogP contribution >= 0.6 is 0 Å². The van der Waals surface area contributed by atoms with Crippen LogP contribution in [0.3, 0.4) is 0 Å². The third kappa shape index (κ3) is 5.23. The summed E-state index contributed by atoms with van der Waals surface area (Å²) >= 11 is 0. The van der Waals surface area contributed by atoms with Crippen molar-refractivity contribution >= 4 is 0 Å². The highest BCUT2D eigenvalue weighted by molar-refractivity contribution is 5.42. The van der Waals surface area contributed by atoms with Gasteiger partial charge in [-0.1, -0.05) is 12.1 Å². The van der Waals surface area contributed by atoms with Crippen LogP contribution in [0.15, 0.2) is 48.5 Å². The maximum absolute atomic E-state index is 9.19. The van der Waals surface area contributed by atoms with E-state index in [1.807, 2.05) is 37.3 Å². The average molecular weight is 376 g/mol. The van der Waals surface area contributed by atoms with Crippen molar-refractivity contribution in [1.82, 2.24) is 9.80 Å². The van der Waals surface area contributed by atoms with Gasteiger partial charge in [-0.3, -0.25) is 9.80 Å². The van der Waals surface area contributed by atoms with E-state index in [4.69, 9.17) is 14.7 Å². The first-order chi connectivity index (χ1) is 13.7. The first kappa shape index (κ1) is 19.7. The second-order valence-electron chi connectivity index (χ2n) is 6.69. The zero-order valence-electron chi connectivity index (χ0n) is 16.0. The molecule has 0 aromatic heterocycles. The van der Waals surface area contributed by atoms with Gasteiger partial charge in [0.25, 0.3) is 0 Å². The summed E-state index contributed by atoms with van der Waals surface area (Å²) in [5, 5.41) is 18.0. The molecule has 0 amide bonds. The Balaban J connectivity index is 1.40. The van der Waals surface area contributed by atoms with Crippen molar-refractivity contribution in [3.05, 3.63) is 59.7 Å². The molecular formula is C22H24N4O2. The highest BCUT2D eigenvalue weighted by atomic mass is 16.5. The van der Waals surface area contributed by atoms with E-state index in [-0.39, 0.29) is 6.23 Å². The number of para-hydroxylation sites is 1. The monoisotopic (exact) mass is 376 g/mol. The van der Waals surface area contributed by atoms with Crippen molar-refractivity contribution in [2.45, 2.75) is 13.2 Å². The minimum absolute atomic E-state index is 0.0773. The molecule has 1 fully saturated rings. The van der Waals surface area contributed by atoms with Gasteiger partial charge in [0.1, 0.15) is 30.4 Å². The molecule has 2 aromatic rings. The molecule has 1 aliphatic heterocycles. The zero-order valence-corrected chi connectivity index (χ0v) is 16.0. The number of benzene rings is 2. The van der Waals surface area contributed by atoms with Gasteiger partial charge in [-0.25, -0.2) is 0 Å². The van der Waals surface area contributed by atoms with E-state index in [1.165, 1.54) is 0 Å². The molecule has 6 heteroatoms. The van der Waals surface area contributed by atoms with E-state index in [0.29, 0.717) is 23.5 Å². The molecule has 1 heterocycles. The fourth-order valence-electron chi connectivity index (χ4n) is 3.19. The number of ether oxygens (including phenoxy) is 2. The van der Waals surface area contributed by atoms with Crippen molar-refractivity contribution in [3.63, 3.8) is 0 Å². The maximum atomic E-state index is 9.19. The van der Waals surface area contributed by atoms with Crippen LogP contribution in [0.1, 0.15) is 18.1 Å². The Kier molecular flexibility index (Phi) is 6.86. The summed E-state index contributed by atoms with van der Waals surface area (Å²) in [5.74, 6) is 1.42. The maximum Gasteiger partial charge on any atom is 0.149 e. The zero-order chi connectivity index (χ0) is 19.8. The van der Waals surface area contributed by atoms with Crippen LogP contribution in [-0.2, 0) is 0 Å². The second-order valence-corrected chi connectivity index (χ2v) is 6.69. The van der Waals surface area contributed by atoms with Gasteiger partial charge in [-0.2, -0.15) is 10.5 Å². The highest BCUT2D eigenvalue weighted by Crippen LogP contribution is 2.20. The number of nitriles is 2. The molecule has 144 valence electrons. The fraction of sp³-hybridized carbons (Fsp3) is 0.364. The molecule has 1 unspecified atom stereocenters. The van der Waals surface area contributed by atoms with Crippen LogP contribution < -0.4 is 9.47 Å². The Labute approximate surface area is 166 Å². The van der Waals surface area contributed by atoms with Crippen molar-refractivity contribution in [2.75, 3.05) is 39.3 Å². The van der Waals surface area contributed by atoms with Crippen LogP contribution in [0.25, 0.3) is 0 Å². The Hall–Kier alpha value is -3.06. The molecule has 6 nitrogen and oxygen atoms in total. The summed E-state index contributed by atoms with van der Waals surface area (Å²) in [5.41, 5.74) is 1.20. The Morgan fingerprint density at radius 3 is 2.36 bits per heavy atom. The molecule has 3 rings (SSSR count). The van der Waals surface area contributed by atoms with Gasteiger partial charge in [0.05, 0.1) is 17.2 Å². The average Bonchev–Trinajstić information content (AvgIpc) is 2.75. The summed E-state index contributed by atoms with van der Waals surface area (Å²) in [6.45, 7) is 7.22. The first-order valence-corrected chi connectivity index (χ1v) is 9.45. The second kappa shape index (κ2) is 9.75. The molecule has 0 aliphatic carbocycles. The minimum atomic E-state index is -0.0773. The van der Waals surface area contributed by atoms with Crippen LogP contribution in [0.4, 0.5) is 0 Å². The van der Waals surface area contributed by atoms with E-state index >= 15 is 0 Å². The number of piperazine rings is 1. The van der Waals surface area contributed by atoms with Gasteiger partial charge < -0.3 is 9.47 Å². The molecule has 0 N–H and O–H groups in total. The molecule has 1 saturated heterocycles. The third-order valence-corrected chi connectivity index (χ3v) is 4.89. The van der Waals surface area contributed by atoms with Gasteiger partial charge >= 0.3 is 0 Å². The molecule has 0 radical (unpaired) electrons. The first-order valence-electron chi connectivity index (χ1n) is 9.45. The van der Waals surface area contributed by atoms with Gasteiger partial charge in [-0.15, -0.1) is 0 Å². The van der Waals surface area contributed by atoms with Crippen LogP contribution in [0, 0.1) is 22.7 Å². The van der Waals surface area contributed by atoms with Gasteiger partial charge in [0.2, 0.25) is 0 Å². The lowest BCUT2D eigenvalue weighted by Gasteiger charge is -2.37. The lowest BCUT2D eigenvalue weighted by Crippen LogP contribution is -2.51. The molecule has 1 aliphatic rings. The van der Waals surface area contributed by atoms with E-state index in [0.717, 1.165) is 38.5 Å². The van der Waals surface area contributed by atoms with Gasteiger partial charge in [0.15, 0.2) is 0 Å². The van der Waals surface area contributed by atoms with E-state index in [2.05, 4.69) is 21.9 Å². The smallest absolute Gasteiger partial charge is 0.149 e. The normalized spacial score (nSPS) is 16.0. The van der Waals surface area contributed by atoms with Gasteiger partial charge in [-0.05, 0) is 43.3 Å². The molecule has 2 aromatic carbocycles. The van der Waals surface area contributed by atoms with Crippen LogP contribution in [-0.4, -0.2) is 55.4 Å². The number of hydrogen-bond acceptors (Lipinski definition) is 6. The van der Waals surface area contributed by atoms with Crippen LogP contribution in [0.2, 0.25) is 0 Å². The predicted molar refractivity (Wildman–Crippen MR) is 106 cm³/mol. The van der Waals surface area contributed by atoms with Crippen LogP contribution in [0.5, 0.6) is 11.5 Å². The standard InChI is InChI=1S/C22H24N4O2/c1-18(28-22-5-3-2-4-20(22)17-24)26-12-10-25(11-13-26)14-15-27-21-8-6-19(16-23)7-9-21/h2-9,18H,10-15H2,1H3. The minimum Gasteiger partial charge on any atom is -0.492 e. The lowest BCUT2D eigenvalue weighted by molar-refractivity contribution is 0.00146. The quantitative estimate of drug-likeness (QED) is 0.740. The van der Waals surface area contributed by atoms with Crippen molar-refractivity contribution in [2.24, 2.45) is 0 Å². The fourth-order valence-corrected chi connectivity index (χ4v) is 3.19. The molecular weight excluding hydrogens is 352 g/mol. The number of nitrogens with zero attached hydrogens (tertiary/aromatic N) is 4. The number of rotatable bonds is 7. The van der Waals surface area contributed by atoms with E-state index < -0.39 is 0 Å². The predicted octanol–water partition coefficient (Wildman–Crippen LogP) is 2.85. The molecule has 0 spiro atoms. The largest absolute Gasteiger partial charge is 0.492 e. The SMILES string of the molecule is CC(Oc1ccccc1C#N)N1CCN(CCOc2ccc(C#N)cc2)CC1. The molecule has 0 saturated carbocycles. The summed E-state index contributed by atoms with van der Waals surface area (Å²) in [4.78, 5) is 4.65. The topological polar surface area (TPSA) is 72.5 Å². The van der Waals surface area contributed by atoms with Crippen molar-refractivity contribution in [1.29, 1.82) is 10.5 Å². The Morgan fingerprint density at radius 1 is 0.964 bits per heavy atom. The van der Waals surface area contributed by atoms with E-state index in [9.17, 15) is 5.26 Å². The molecule has 28 heavy (non-hydrogen) atoms. The van der Waals surface area contributed by atoms with Crippen molar-refractivity contribution < 1.29 is 9.47 Å². The van der Waals surface area contributed by atoms with Gasteiger partial charge in [0, 0.05) is 32.7 Å². The highest BCUT2D eigenvalue weighted by Gasteiger charge is 2.22. The van der Waals surface area contributed by atoms with Crippen molar-refractivity contribution in [3.8, 4) is 23.6 Å². The van der Waals surface area contributed by atoms with E-state index in [1.54, 1.807) is 18.2 Å². The lowest BCUT2D eigenvalue weighted by atomic mass is 10.2. The summed E-state index contributed by atoms with van der Waals surface area (Å²) in [6.07, 6.45) is -0.0773. The number of hydrogen-bond donors (Lipinski definition) is 0. The summed E-state index contributed by atoms with van der Waals surface area (Å²) in [6, 6.07) is 18.8. The molecule has 1 atom stereocenters. The summed E-state index contributed by atoms with van der Waals surface area (Å²) in [7, 11) is 0. The third-order valence-electron chi connectivity index (χ3n) is 4.89. The Bertz CT molecular complexity index is 846.